The number of methoxy groups -OCH3 is 3. The first-order valence-electron chi connectivity index (χ1n) is 9.43. The lowest BCUT2D eigenvalue weighted by Crippen LogP contribution is -2.40. The molecule has 0 aliphatic carbocycles. The molecule has 0 unspecified atom stereocenters. The van der Waals surface area contributed by atoms with E-state index in [1.807, 2.05) is 44.2 Å². The highest BCUT2D eigenvalue weighted by atomic mass is 16.5. The van der Waals surface area contributed by atoms with Gasteiger partial charge in [-0.3, -0.25) is 4.79 Å². The van der Waals surface area contributed by atoms with E-state index in [1.54, 1.807) is 33.5 Å². The average molecular weight is 397 g/mol. The van der Waals surface area contributed by atoms with Crippen LogP contribution in [0.2, 0.25) is 0 Å². The first-order valence-corrected chi connectivity index (χ1v) is 9.43. The summed E-state index contributed by atoms with van der Waals surface area (Å²) in [5, 5.41) is 3.09. The van der Waals surface area contributed by atoms with E-state index in [1.165, 1.54) is 6.08 Å². The van der Waals surface area contributed by atoms with E-state index in [2.05, 4.69) is 5.32 Å². The average Bonchev–Trinajstić information content (AvgIpc) is 2.70. The summed E-state index contributed by atoms with van der Waals surface area (Å²) in [7, 11) is 4.79. The fourth-order valence-electron chi connectivity index (χ4n) is 3.44. The summed E-state index contributed by atoms with van der Waals surface area (Å²) in [5.74, 6) is 2.54. The highest BCUT2D eigenvalue weighted by molar-refractivity contribution is 5.92. The molecule has 1 aliphatic rings. The molecule has 29 heavy (non-hydrogen) atoms. The third-order valence-electron chi connectivity index (χ3n) is 4.83. The van der Waals surface area contributed by atoms with Crippen LogP contribution >= 0.6 is 0 Å². The van der Waals surface area contributed by atoms with Gasteiger partial charge in [0, 0.05) is 24.1 Å². The van der Waals surface area contributed by atoms with Crippen molar-refractivity contribution in [2.75, 3.05) is 21.3 Å². The summed E-state index contributed by atoms with van der Waals surface area (Å²) >= 11 is 0. The Balaban J connectivity index is 1.76. The van der Waals surface area contributed by atoms with E-state index >= 15 is 0 Å². The third-order valence-corrected chi connectivity index (χ3v) is 4.83. The summed E-state index contributed by atoms with van der Waals surface area (Å²) < 4.78 is 21.9. The van der Waals surface area contributed by atoms with E-state index in [-0.39, 0.29) is 11.9 Å². The number of carbonyl (C=O) groups is 1. The summed E-state index contributed by atoms with van der Waals surface area (Å²) in [4.78, 5) is 12.6. The zero-order valence-corrected chi connectivity index (χ0v) is 17.4. The second-order valence-electron chi connectivity index (χ2n) is 7.48. The zero-order valence-electron chi connectivity index (χ0n) is 17.4. The molecule has 1 N–H and O–H groups in total. The molecule has 1 amide bonds. The molecular formula is C23H27NO5. The molecule has 6 heteroatoms. The van der Waals surface area contributed by atoms with Gasteiger partial charge in [-0.25, -0.2) is 0 Å². The van der Waals surface area contributed by atoms with Gasteiger partial charge in [0.25, 0.3) is 0 Å². The Hall–Kier alpha value is -3.15. The number of benzene rings is 2. The molecule has 0 fully saturated rings. The Morgan fingerprint density at radius 3 is 2.52 bits per heavy atom. The lowest BCUT2D eigenvalue weighted by molar-refractivity contribution is -0.117. The van der Waals surface area contributed by atoms with E-state index in [9.17, 15) is 4.79 Å². The van der Waals surface area contributed by atoms with Crippen molar-refractivity contribution in [3.05, 3.63) is 53.6 Å². The fourth-order valence-corrected chi connectivity index (χ4v) is 3.44. The van der Waals surface area contributed by atoms with Gasteiger partial charge >= 0.3 is 0 Å². The van der Waals surface area contributed by atoms with Crippen molar-refractivity contribution in [1.82, 2.24) is 5.32 Å². The molecule has 0 bridgehead atoms. The second-order valence-corrected chi connectivity index (χ2v) is 7.48. The van der Waals surface area contributed by atoms with Crippen LogP contribution < -0.4 is 24.3 Å². The van der Waals surface area contributed by atoms with Gasteiger partial charge < -0.3 is 24.3 Å². The van der Waals surface area contributed by atoms with Gasteiger partial charge in [-0.15, -0.1) is 0 Å². The first kappa shape index (κ1) is 20.6. The van der Waals surface area contributed by atoms with Gasteiger partial charge in [-0.1, -0.05) is 6.07 Å². The number of hydrogen-bond acceptors (Lipinski definition) is 5. The van der Waals surface area contributed by atoms with Gasteiger partial charge in [-0.2, -0.15) is 0 Å². The molecule has 0 aromatic heterocycles. The summed E-state index contributed by atoms with van der Waals surface area (Å²) in [6, 6.07) is 11.0. The Morgan fingerprint density at radius 2 is 1.83 bits per heavy atom. The topological polar surface area (TPSA) is 66.0 Å². The van der Waals surface area contributed by atoms with Crippen LogP contribution in [-0.4, -0.2) is 32.8 Å². The predicted octanol–water partition coefficient (Wildman–Crippen LogP) is 4.14. The minimum Gasteiger partial charge on any atom is -0.497 e. The number of amides is 1. The highest BCUT2D eigenvalue weighted by Gasteiger charge is 2.34. The lowest BCUT2D eigenvalue weighted by Gasteiger charge is -2.37. The minimum absolute atomic E-state index is 0.151. The highest BCUT2D eigenvalue weighted by Crippen LogP contribution is 2.41. The molecular weight excluding hydrogens is 370 g/mol. The number of rotatable bonds is 6. The maximum Gasteiger partial charge on any atom is 0.244 e. The number of ether oxygens (including phenoxy) is 4. The molecule has 1 aliphatic heterocycles. The molecule has 154 valence electrons. The van der Waals surface area contributed by atoms with Crippen molar-refractivity contribution in [3.8, 4) is 23.0 Å². The number of nitrogens with one attached hydrogen (secondary N) is 1. The smallest absolute Gasteiger partial charge is 0.244 e. The predicted molar refractivity (Wildman–Crippen MR) is 112 cm³/mol. The van der Waals surface area contributed by atoms with Crippen molar-refractivity contribution in [2.45, 2.75) is 31.9 Å². The molecule has 0 spiro atoms. The van der Waals surface area contributed by atoms with Crippen LogP contribution in [-0.2, 0) is 4.79 Å². The SMILES string of the molecule is COc1ccc2c(c1)OC(C)(C)C[C@H]2NC(=O)/C=C/c1ccc(OC)c(OC)c1. The third kappa shape index (κ3) is 4.83. The minimum atomic E-state index is -0.398. The maximum absolute atomic E-state index is 12.6. The molecule has 2 aromatic carbocycles. The van der Waals surface area contributed by atoms with Crippen molar-refractivity contribution >= 4 is 12.0 Å². The summed E-state index contributed by atoms with van der Waals surface area (Å²) in [6.07, 6.45) is 3.94. The number of carbonyl (C=O) groups excluding carboxylic acids is 1. The summed E-state index contributed by atoms with van der Waals surface area (Å²) in [5.41, 5.74) is 1.39. The van der Waals surface area contributed by atoms with Gasteiger partial charge in [0.15, 0.2) is 11.5 Å². The standard InChI is InChI=1S/C23H27NO5/c1-23(2)14-18(17-9-8-16(26-3)13-20(17)29-23)24-22(25)11-7-15-6-10-19(27-4)21(12-15)28-5/h6-13,18H,14H2,1-5H3,(H,24,25)/b11-7+/t18-/m1/s1. The monoisotopic (exact) mass is 397 g/mol. The van der Waals surface area contributed by atoms with Crippen molar-refractivity contribution in [2.24, 2.45) is 0 Å². The molecule has 0 saturated carbocycles. The van der Waals surface area contributed by atoms with Crippen molar-refractivity contribution in [3.63, 3.8) is 0 Å². The van der Waals surface area contributed by atoms with Crippen LogP contribution in [0.5, 0.6) is 23.0 Å². The Bertz CT molecular complexity index is 919. The Morgan fingerprint density at radius 1 is 1.07 bits per heavy atom. The Labute approximate surface area is 171 Å². The Kier molecular flexibility index (Phi) is 6.01. The molecule has 0 saturated heterocycles. The molecule has 2 aromatic rings. The van der Waals surface area contributed by atoms with Crippen LogP contribution in [0.4, 0.5) is 0 Å². The van der Waals surface area contributed by atoms with Gasteiger partial charge in [0.1, 0.15) is 17.1 Å². The number of hydrogen-bond donors (Lipinski definition) is 1. The van der Waals surface area contributed by atoms with E-state index < -0.39 is 5.60 Å². The lowest BCUT2D eigenvalue weighted by atomic mass is 9.89. The largest absolute Gasteiger partial charge is 0.497 e. The molecule has 6 nitrogen and oxygen atoms in total. The normalized spacial score (nSPS) is 17.2. The van der Waals surface area contributed by atoms with Gasteiger partial charge in [0.05, 0.1) is 27.4 Å². The van der Waals surface area contributed by atoms with E-state index in [4.69, 9.17) is 18.9 Å². The van der Waals surface area contributed by atoms with Gasteiger partial charge in [-0.05, 0) is 49.8 Å². The van der Waals surface area contributed by atoms with Crippen molar-refractivity contribution in [1.29, 1.82) is 0 Å². The molecule has 1 heterocycles. The number of fused-ring (bicyclic) bond motifs is 1. The quantitative estimate of drug-likeness (QED) is 0.742. The van der Waals surface area contributed by atoms with Crippen LogP contribution in [0.3, 0.4) is 0 Å². The first-order chi connectivity index (χ1) is 13.8. The maximum atomic E-state index is 12.6. The fraction of sp³-hybridized carbons (Fsp3) is 0.348. The molecule has 0 radical (unpaired) electrons. The molecule has 3 rings (SSSR count). The molecule has 1 atom stereocenters. The van der Waals surface area contributed by atoms with Crippen LogP contribution in [0.15, 0.2) is 42.5 Å². The second kappa shape index (κ2) is 8.47. The van der Waals surface area contributed by atoms with Crippen LogP contribution in [0.1, 0.15) is 37.4 Å². The van der Waals surface area contributed by atoms with E-state index in [0.29, 0.717) is 17.9 Å². The summed E-state index contributed by atoms with van der Waals surface area (Å²) in [6.45, 7) is 4.02. The zero-order chi connectivity index (χ0) is 21.0. The van der Waals surface area contributed by atoms with Crippen LogP contribution in [0, 0.1) is 0 Å². The van der Waals surface area contributed by atoms with E-state index in [0.717, 1.165) is 22.6 Å². The van der Waals surface area contributed by atoms with Gasteiger partial charge in [0.2, 0.25) is 5.91 Å². The van der Waals surface area contributed by atoms with Crippen LogP contribution in [0.25, 0.3) is 6.08 Å². The van der Waals surface area contributed by atoms with Crippen molar-refractivity contribution < 1.29 is 23.7 Å².